The van der Waals surface area contributed by atoms with Crippen LogP contribution in [-0.2, 0) is 11.2 Å². The number of carbonyl (C=O) groups is 1. The van der Waals surface area contributed by atoms with E-state index >= 15 is 0 Å². The number of aryl methyl sites for hydroxylation is 1. The van der Waals surface area contributed by atoms with Crippen LogP contribution in [0.15, 0.2) is 22.6 Å². The number of benzene rings is 1. The molecule has 0 bridgehead atoms. The van der Waals surface area contributed by atoms with Crippen LogP contribution in [0.1, 0.15) is 24.3 Å². The summed E-state index contributed by atoms with van der Waals surface area (Å²) in [6.07, 6.45) is 2.14. The fourth-order valence-corrected chi connectivity index (χ4v) is 2.06. The summed E-state index contributed by atoms with van der Waals surface area (Å²) < 4.78 is 5.64. The van der Waals surface area contributed by atoms with Gasteiger partial charge in [-0.05, 0) is 31.4 Å². The first kappa shape index (κ1) is 14.8. The average molecular weight is 296 g/mol. The van der Waals surface area contributed by atoms with Crippen LogP contribution in [0.25, 0.3) is 11.1 Å². The minimum Gasteiger partial charge on any atom is -0.441 e. The zero-order valence-corrected chi connectivity index (χ0v) is 12.1. The summed E-state index contributed by atoms with van der Waals surface area (Å²) in [5.74, 6) is 0.575. The van der Waals surface area contributed by atoms with Crippen LogP contribution < -0.4 is 11.1 Å². The van der Waals surface area contributed by atoms with Crippen molar-refractivity contribution in [3.05, 3.63) is 29.7 Å². The molecule has 1 aliphatic rings. The largest absolute Gasteiger partial charge is 0.441 e. The first-order chi connectivity index (χ1) is 9.08. The second-order valence-electron chi connectivity index (χ2n) is 5.19. The Bertz CT molecular complexity index is 634. The summed E-state index contributed by atoms with van der Waals surface area (Å²) in [6, 6.07) is 5.85. The SMILES string of the molecule is Cc1cccc2oc(CCNC(=O)C3(N)CC3)nc12.Cl. The van der Waals surface area contributed by atoms with Gasteiger partial charge in [0.1, 0.15) is 5.52 Å². The van der Waals surface area contributed by atoms with Gasteiger partial charge in [-0.3, -0.25) is 4.79 Å². The van der Waals surface area contributed by atoms with E-state index in [4.69, 9.17) is 10.2 Å². The van der Waals surface area contributed by atoms with Crippen LogP contribution in [0.4, 0.5) is 0 Å². The van der Waals surface area contributed by atoms with Crippen molar-refractivity contribution in [3.8, 4) is 0 Å². The third-order valence-electron chi connectivity index (χ3n) is 3.53. The molecule has 1 aliphatic carbocycles. The van der Waals surface area contributed by atoms with Gasteiger partial charge in [-0.1, -0.05) is 12.1 Å². The second kappa shape index (κ2) is 5.42. The molecule has 0 unspecified atom stereocenters. The Labute approximate surface area is 123 Å². The smallest absolute Gasteiger partial charge is 0.240 e. The molecule has 1 saturated carbocycles. The van der Waals surface area contributed by atoms with Crippen LogP contribution in [0.3, 0.4) is 0 Å². The number of halogens is 1. The highest BCUT2D eigenvalue weighted by atomic mass is 35.5. The number of nitrogens with zero attached hydrogens (tertiary/aromatic N) is 1. The van der Waals surface area contributed by atoms with E-state index in [0.717, 1.165) is 29.5 Å². The highest BCUT2D eigenvalue weighted by Gasteiger charge is 2.45. The summed E-state index contributed by atoms with van der Waals surface area (Å²) in [4.78, 5) is 16.1. The Hall–Kier alpha value is -1.59. The van der Waals surface area contributed by atoms with Gasteiger partial charge < -0.3 is 15.5 Å². The molecule has 0 spiro atoms. The quantitative estimate of drug-likeness (QED) is 0.900. The maximum atomic E-state index is 11.7. The Kier molecular flexibility index (Phi) is 4.01. The monoisotopic (exact) mass is 295 g/mol. The Balaban J connectivity index is 0.00000147. The third kappa shape index (κ3) is 2.78. The van der Waals surface area contributed by atoms with Gasteiger partial charge in [0.2, 0.25) is 5.91 Å². The zero-order valence-electron chi connectivity index (χ0n) is 11.3. The Morgan fingerprint density at radius 3 is 2.90 bits per heavy atom. The summed E-state index contributed by atoms with van der Waals surface area (Å²) in [6.45, 7) is 2.51. The van der Waals surface area contributed by atoms with E-state index in [2.05, 4.69) is 10.3 Å². The van der Waals surface area contributed by atoms with Crippen molar-refractivity contribution in [2.45, 2.75) is 31.7 Å². The summed E-state index contributed by atoms with van der Waals surface area (Å²) in [7, 11) is 0. The van der Waals surface area contributed by atoms with E-state index in [0.29, 0.717) is 18.9 Å². The van der Waals surface area contributed by atoms with Gasteiger partial charge in [-0.15, -0.1) is 12.4 Å². The number of amides is 1. The number of para-hydroxylation sites is 1. The molecular weight excluding hydrogens is 278 g/mol. The van der Waals surface area contributed by atoms with Crippen LogP contribution in [-0.4, -0.2) is 23.0 Å². The fraction of sp³-hybridized carbons (Fsp3) is 0.429. The van der Waals surface area contributed by atoms with Gasteiger partial charge in [0.25, 0.3) is 0 Å². The second-order valence-corrected chi connectivity index (χ2v) is 5.19. The molecule has 0 saturated heterocycles. The van der Waals surface area contributed by atoms with Crippen molar-refractivity contribution in [2.75, 3.05) is 6.54 Å². The maximum Gasteiger partial charge on any atom is 0.240 e. The topological polar surface area (TPSA) is 81.2 Å². The summed E-state index contributed by atoms with van der Waals surface area (Å²) >= 11 is 0. The van der Waals surface area contributed by atoms with E-state index in [1.807, 2.05) is 25.1 Å². The number of rotatable bonds is 4. The van der Waals surface area contributed by atoms with E-state index in [9.17, 15) is 4.79 Å². The number of carbonyl (C=O) groups excluding carboxylic acids is 1. The molecule has 5 nitrogen and oxygen atoms in total. The number of nitrogens with one attached hydrogen (secondary N) is 1. The van der Waals surface area contributed by atoms with Crippen LogP contribution in [0.5, 0.6) is 0 Å². The maximum absolute atomic E-state index is 11.7. The number of oxazole rings is 1. The van der Waals surface area contributed by atoms with Crippen LogP contribution in [0, 0.1) is 6.92 Å². The minimum absolute atomic E-state index is 0. The van der Waals surface area contributed by atoms with Crippen molar-refractivity contribution in [2.24, 2.45) is 5.73 Å². The standard InChI is InChI=1S/C14H17N3O2.ClH/c1-9-3-2-4-10-12(9)17-11(19-10)5-8-16-13(18)14(15)6-7-14;/h2-4H,5-8,15H2,1H3,(H,16,18);1H. The Morgan fingerprint density at radius 1 is 1.50 bits per heavy atom. The van der Waals surface area contributed by atoms with Crippen LogP contribution in [0.2, 0.25) is 0 Å². The molecule has 20 heavy (non-hydrogen) atoms. The molecule has 2 aromatic rings. The summed E-state index contributed by atoms with van der Waals surface area (Å²) in [5, 5.41) is 2.83. The van der Waals surface area contributed by atoms with E-state index in [1.165, 1.54) is 0 Å². The predicted molar refractivity (Wildman–Crippen MR) is 78.9 cm³/mol. The molecule has 0 atom stereocenters. The third-order valence-corrected chi connectivity index (χ3v) is 3.53. The molecule has 1 aromatic heterocycles. The molecule has 1 fully saturated rings. The highest BCUT2D eigenvalue weighted by molar-refractivity contribution is 5.88. The lowest BCUT2D eigenvalue weighted by Crippen LogP contribution is -2.43. The highest BCUT2D eigenvalue weighted by Crippen LogP contribution is 2.32. The number of aromatic nitrogens is 1. The lowest BCUT2D eigenvalue weighted by atomic mass is 10.2. The molecule has 0 radical (unpaired) electrons. The first-order valence-corrected chi connectivity index (χ1v) is 6.51. The molecule has 108 valence electrons. The Morgan fingerprint density at radius 2 is 2.25 bits per heavy atom. The lowest BCUT2D eigenvalue weighted by Gasteiger charge is -2.08. The predicted octanol–water partition coefficient (Wildman–Crippen LogP) is 1.71. The van der Waals surface area contributed by atoms with Crippen LogP contribution >= 0.6 is 12.4 Å². The van der Waals surface area contributed by atoms with Gasteiger partial charge in [-0.25, -0.2) is 4.98 Å². The number of hydrogen-bond acceptors (Lipinski definition) is 4. The van der Waals surface area contributed by atoms with Crippen molar-refractivity contribution in [3.63, 3.8) is 0 Å². The molecule has 1 amide bonds. The van der Waals surface area contributed by atoms with E-state index in [1.54, 1.807) is 0 Å². The summed E-state index contributed by atoms with van der Waals surface area (Å²) in [5.41, 5.74) is 7.96. The van der Waals surface area contributed by atoms with Gasteiger partial charge in [0.05, 0.1) is 5.54 Å². The van der Waals surface area contributed by atoms with Gasteiger partial charge in [0.15, 0.2) is 11.5 Å². The number of nitrogens with two attached hydrogens (primary N) is 1. The number of hydrogen-bond donors (Lipinski definition) is 2. The van der Waals surface area contributed by atoms with Gasteiger partial charge in [-0.2, -0.15) is 0 Å². The molecule has 1 heterocycles. The normalized spacial score (nSPS) is 15.7. The molecular formula is C14H18ClN3O2. The van der Waals surface area contributed by atoms with Crippen molar-refractivity contribution in [1.82, 2.24) is 10.3 Å². The average Bonchev–Trinajstić information content (AvgIpc) is 2.99. The van der Waals surface area contributed by atoms with Crippen molar-refractivity contribution in [1.29, 1.82) is 0 Å². The molecule has 1 aromatic carbocycles. The van der Waals surface area contributed by atoms with Gasteiger partial charge >= 0.3 is 0 Å². The number of fused-ring (bicyclic) bond motifs is 1. The zero-order chi connectivity index (χ0) is 13.5. The van der Waals surface area contributed by atoms with Gasteiger partial charge in [0, 0.05) is 13.0 Å². The van der Waals surface area contributed by atoms with E-state index < -0.39 is 5.54 Å². The van der Waals surface area contributed by atoms with E-state index in [-0.39, 0.29) is 18.3 Å². The molecule has 0 aliphatic heterocycles. The fourth-order valence-electron chi connectivity index (χ4n) is 2.06. The van der Waals surface area contributed by atoms with Crippen molar-refractivity contribution >= 4 is 29.4 Å². The molecule has 6 heteroatoms. The lowest BCUT2D eigenvalue weighted by molar-refractivity contribution is -0.123. The first-order valence-electron chi connectivity index (χ1n) is 6.51. The molecule has 3 N–H and O–H groups in total. The minimum atomic E-state index is -0.613. The van der Waals surface area contributed by atoms with Crippen molar-refractivity contribution < 1.29 is 9.21 Å². The molecule has 3 rings (SSSR count).